The Hall–Kier alpha value is -3.09. The molecule has 1 aliphatic heterocycles. The smallest absolute Gasteiger partial charge is 0.331 e. The van der Waals surface area contributed by atoms with Crippen LogP contribution in [-0.2, 0) is 6.18 Å². The number of carbonyl (C=O) groups excluding carboxylic acids is 1. The fourth-order valence-corrected chi connectivity index (χ4v) is 3.45. The number of aromatic nitrogens is 1. The average Bonchev–Trinajstić information content (AvgIpc) is 2.72. The maximum atomic E-state index is 12.8. The first-order chi connectivity index (χ1) is 13.4. The maximum absolute atomic E-state index is 12.8. The van der Waals surface area contributed by atoms with Gasteiger partial charge in [-0.05, 0) is 29.0 Å². The topological polar surface area (TPSA) is 37.7 Å². The zero-order chi connectivity index (χ0) is 19.7. The average molecular weight is 386 g/mol. The van der Waals surface area contributed by atoms with Crippen LogP contribution >= 0.6 is 0 Å². The summed E-state index contributed by atoms with van der Waals surface area (Å²) in [5.74, 6) is 0.590. The third-order valence-corrected chi connectivity index (χ3v) is 5.03. The second-order valence-corrected chi connectivity index (χ2v) is 6.80. The van der Waals surface area contributed by atoms with Crippen molar-refractivity contribution in [1.82, 2.24) is 4.90 Å². The minimum Gasteiger partial charge on any atom is -0.331 e. The van der Waals surface area contributed by atoms with Gasteiger partial charge in [0, 0.05) is 11.6 Å². The molecular formula is C21H19F3N3O+. The summed E-state index contributed by atoms with van der Waals surface area (Å²) in [4.78, 5) is 19.3. The van der Waals surface area contributed by atoms with Gasteiger partial charge in [0.25, 0.3) is 11.7 Å². The lowest BCUT2D eigenvalue weighted by Crippen LogP contribution is -2.50. The quantitative estimate of drug-likeness (QED) is 0.675. The van der Waals surface area contributed by atoms with Crippen molar-refractivity contribution in [3.8, 4) is 0 Å². The lowest BCUT2D eigenvalue weighted by molar-refractivity contribution is -0.367. The molecule has 0 aliphatic carbocycles. The van der Waals surface area contributed by atoms with Crippen molar-refractivity contribution in [2.75, 3.05) is 31.1 Å². The van der Waals surface area contributed by atoms with E-state index in [1.807, 2.05) is 47.4 Å². The van der Waals surface area contributed by atoms with Crippen molar-refractivity contribution in [1.29, 1.82) is 0 Å². The molecule has 1 N–H and O–H groups in total. The summed E-state index contributed by atoms with van der Waals surface area (Å²) in [7, 11) is 0. The zero-order valence-corrected chi connectivity index (χ0v) is 15.0. The number of benzene rings is 2. The lowest BCUT2D eigenvalue weighted by Gasteiger charge is -2.31. The number of fused-ring (bicyclic) bond motifs is 1. The Balaban J connectivity index is 1.42. The van der Waals surface area contributed by atoms with Gasteiger partial charge in [-0.3, -0.25) is 9.69 Å². The molecule has 0 atom stereocenters. The van der Waals surface area contributed by atoms with Crippen LogP contribution in [0.2, 0.25) is 0 Å². The Bertz CT molecular complexity index is 994. The molecule has 1 aromatic heterocycles. The van der Waals surface area contributed by atoms with Crippen LogP contribution in [0.5, 0.6) is 0 Å². The Morgan fingerprint density at radius 2 is 1.61 bits per heavy atom. The summed E-state index contributed by atoms with van der Waals surface area (Å²) in [6.07, 6.45) is -3.39. The van der Waals surface area contributed by atoms with Gasteiger partial charge in [-0.25, -0.2) is 4.98 Å². The highest BCUT2D eigenvalue weighted by Crippen LogP contribution is 2.28. The SMILES string of the molecule is O=C(c1ccc2ccccc2c1)N1CCN(c2ccc(C(F)(F)F)c[nH+]2)CC1. The van der Waals surface area contributed by atoms with Crippen LogP contribution in [0, 0.1) is 0 Å². The monoisotopic (exact) mass is 386 g/mol. The molecular weight excluding hydrogens is 367 g/mol. The number of piperazine rings is 1. The third-order valence-electron chi connectivity index (χ3n) is 5.03. The molecule has 2 aromatic carbocycles. The van der Waals surface area contributed by atoms with Crippen LogP contribution in [0.15, 0.2) is 60.8 Å². The molecule has 1 saturated heterocycles. The van der Waals surface area contributed by atoms with E-state index in [1.165, 1.54) is 6.07 Å². The van der Waals surface area contributed by atoms with Gasteiger partial charge < -0.3 is 4.90 Å². The molecule has 4 nitrogen and oxygen atoms in total. The molecule has 7 heteroatoms. The van der Waals surface area contributed by atoms with Crippen LogP contribution in [-0.4, -0.2) is 37.0 Å². The number of alkyl halides is 3. The highest BCUT2D eigenvalue weighted by Gasteiger charge is 2.33. The largest absolute Gasteiger partial charge is 0.419 e. The van der Waals surface area contributed by atoms with Crippen LogP contribution in [0.3, 0.4) is 0 Å². The van der Waals surface area contributed by atoms with E-state index in [0.29, 0.717) is 37.6 Å². The third kappa shape index (κ3) is 3.65. The van der Waals surface area contributed by atoms with E-state index in [-0.39, 0.29) is 5.91 Å². The van der Waals surface area contributed by atoms with E-state index in [0.717, 1.165) is 23.0 Å². The number of carbonyl (C=O) groups is 1. The normalized spacial score (nSPS) is 15.1. The molecule has 28 heavy (non-hydrogen) atoms. The first-order valence-electron chi connectivity index (χ1n) is 9.04. The lowest BCUT2D eigenvalue weighted by atomic mass is 10.1. The molecule has 3 aromatic rings. The molecule has 2 heterocycles. The number of nitrogens with one attached hydrogen (secondary N) is 1. The van der Waals surface area contributed by atoms with Crippen molar-refractivity contribution in [3.05, 3.63) is 71.9 Å². The Morgan fingerprint density at radius 1 is 0.893 bits per heavy atom. The predicted molar refractivity (Wildman–Crippen MR) is 100 cm³/mol. The second-order valence-electron chi connectivity index (χ2n) is 6.80. The molecule has 4 rings (SSSR count). The molecule has 0 unspecified atom stereocenters. The number of amides is 1. The number of hydrogen-bond acceptors (Lipinski definition) is 2. The van der Waals surface area contributed by atoms with Gasteiger partial charge in [0.15, 0.2) is 0 Å². The summed E-state index contributed by atoms with van der Waals surface area (Å²) in [6.45, 7) is 2.14. The summed E-state index contributed by atoms with van der Waals surface area (Å²) in [5, 5.41) is 2.10. The number of pyridine rings is 1. The maximum Gasteiger partial charge on any atom is 0.419 e. The zero-order valence-electron chi connectivity index (χ0n) is 15.0. The van der Waals surface area contributed by atoms with Gasteiger partial charge in [0.2, 0.25) is 0 Å². The van der Waals surface area contributed by atoms with Gasteiger partial charge in [0.1, 0.15) is 19.3 Å². The number of halogens is 3. The summed E-state index contributed by atoms with van der Waals surface area (Å²) in [5.41, 5.74) is -0.0605. The molecule has 1 fully saturated rings. The van der Waals surface area contributed by atoms with Crippen LogP contribution < -0.4 is 9.88 Å². The van der Waals surface area contributed by atoms with E-state index < -0.39 is 11.7 Å². The number of hydrogen-bond donors (Lipinski definition) is 0. The van der Waals surface area contributed by atoms with Gasteiger partial charge in [-0.1, -0.05) is 30.3 Å². The number of rotatable bonds is 2. The van der Waals surface area contributed by atoms with Crippen molar-refractivity contribution < 1.29 is 22.9 Å². The number of aromatic amines is 1. The summed E-state index contributed by atoms with van der Waals surface area (Å²) in [6, 6.07) is 16.1. The molecule has 1 aliphatic rings. The summed E-state index contributed by atoms with van der Waals surface area (Å²) < 4.78 is 38.0. The molecule has 1 amide bonds. The predicted octanol–water partition coefficient (Wildman–Crippen LogP) is 3.64. The fraction of sp³-hybridized carbons (Fsp3) is 0.238. The van der Waals surface area contributed by atoms with Gasteiger partial charge in [-0.2, -0.15) is 13.2 Å². The van der Waals surface area contributed by atoms with Crippen molar-refractivity contribution in [3.63, 3.8) is 0 Å². The Labute approximate surface area is 160 Å². The first kappa shape index (κ1) is 18.3. The van der Waals surface area contributed by atoms with Gasteiger partial charge in [-0.15, -0.1) is 0 Å². The number of H-pyrrole nitrogens is 1. The Kier molecular flexibility index (Phi) is 4.66. The van der Waals surface area contributed by atoms with Gasteiger partial charge >= 0.3 is 6.18 Å². The molecule has 0 saturated carbocycles. The van der Waals surface area contributed by atoms with E-state index in [1.54, 1.807) is 4.90 Å². The van der Waals surface area contributed by atoms with Crippen LogP contribution in [0.25, 0.3) is 10.8 Å². The van der Waals surface area contributed by atoms with Crippen molar-refractivity contribution in [2.24, 2.45) is 0 Å². The Morgan fingerprint density at radius 3 is 2.25 bits per heavy atom. The summed E-state index contributed by atoms with van der Waals surface area (Å²) >= 11 is 0. The molecule has 0 spiro atoms. The standard InChI is InChI=1S/C21H18F3N3O/c22-21(23,24)18-7-8-19(25-14-18)26-9-11-27(12-10-26)20(28)17-6-5-15-3-1-2-4-16(15)13-17/h1-8,13-14H,9-12H2/p+1. The second kappa shape index (κ2) is 7.14. The van der Waals surface area contributed by atoms with Crippen molar-refractivity contribution >= 4 is 22.5 Å². The highest BCUT2D eigenvalue weighted by molar-refractivity contribution is 5.98. The minimum atomic E-state index is -4.36. The van der Waals surface area contributed by atoms with E-state index in [9.17, 15) is 18.0 Å². The molecule has 144 valence electrons. The number of anilines is 1. The minimum absolute atomic E-state index is 0.0261. The van der Waals surface area contributed by atoms with Crippen molar-refractivity contribution in [2.45, 2.75) is 6.18 Å². The van der Waals surface area contributed by atoms with E-state index >= 15 is 0 Å². The van der Waals surface area contributed by atoms with E-state index in [4.69, 9.17) is 0 Å². The van der Waals surface area contributed by atoms with Crippen LogP contribution in [0.4, 0.5) is 19.0 Å². The van der Waals surface area contributed by atoms with Gasteiger partial charge in [0.05, 0.1) is 18.7 Å². The fourth-order valence-electron chi connectivity index (χ4n) is 3.45. The number of nitrogens with zero attached hydrogens (tertiary/aromatic N) is 2. The highest BCUT2D eigenvalue weighted by atomic mass is 19.4. The molecule has 0 radical (unpaired) electrons. The van der Waals surface area contributed by atoms with E-state index in [2.05, 4.69) is 4.98 Å². The van der Waals surface area contributed by atoms with Crippen LogP contribution in [0.1, 0.15) is 15.9 Å². The first-order valence-corrected chi connectivity index (χ1v) is 9.04. The molecule has 0 bridgehead atoms.